The summed E-state index contributed by atoms with van der Waals surface area (Å²) in [4.78, 5) is 4.21. The molecule has 0 unspecified atom stereocenters. The zero-order valence-electron chi connectivity index (χ0n) is 10.9. The first-order valence-corrected chi connectivity index (χ1v) is 6.90. The van der Waals surface area contributed by atoms with Crippen LogP contribution in [0.2, 0.25) is 0 Å². The second-order valence-electron chi connectivity index (χ2n) is 4.55. The van der Waals surface area contributed by atoms with Gasteiger partial charge in [-0.25, -0.2) is 14.1 Å². The average molecular weight is 327 g/mol. The van der Waals surface area contributed by atoms with E-state index < -0.39 is 0 Å². The van der Waals surface area contributed by atoms with Gasteiger partial charge in [-0.15, -0.1) is 0 Å². The van der Waals surface area contributed by atoms with E-state index in [0.29, 0.717) is 13.1 Å². The number of rotatable bonds is 5. The van der Waals surface area contributed by atoms with E-state index in [1.807, 2.05) is 4.68 Å². The van der Waals surface area contributed by atoms with E-state index in [-0.39, 0.29) is 11.9 Å². The van der Waals surface area contributed by atoms with Gasteiger partial charge in [0.25, 0.3) is 0 Å². The van der Waals surface area contributed by atoms with Crippen LogP contribution in [0.5, 0.6) is 0 Å². The number of nitrogens with zero attached hydrogens (tertiary/aromatic N) is 3. The largest absolute Gasteiger partial charge is 0.306 e. The maximum atomic E-state index is 13.1. The van der Waals surface area contributed by atoms with Gasteiger partial charge in [0.1, 0.15) is 18.0 Å². The molecule has 2 rings (SSSR count). The third-order valence-electron chi connectivity index (χ3n) is 2.74. The molecule has 102 valence electrons. The van der Waals surface area contributed by atoms with Crippen LogP contribution in [0.1, 0.15) is 31.3 Å². The molecule has 4 nitrogen and oxygen atoms in total. The number of hydrogen-bond donors (Lipinski definition) is 1. The Hall–Kier alpha value is -1.27. The van der Waals surface area contributed by atoms with Crippen molar-refractivity contribution >= 4 is 15.9 Å². The molecule has 6 heteroatoms. The van der Waals surface area contributed by atoms with Crippen LogP contribution in [0.15, 0.2) is 29.0 Å². The number of halogens is 2. The fourth-order valence-electron chi connectivity index (χ4n) is 1.82. The Morgan fingerprint density at radius 2 is 2.16 bits per heavy atom. The molecule has 0 amide bonds. The molecule has 1 heterocycles. The Kier molecular flexibility index (Phi) is 4.66. The Bertz CT molecular complexity index is 553. The van der Waals surface area contributed by atoms with Gasteiger partial charge in [-0.3, -0.25) is 0 Å². The molecule has 1 aromatic heterocycles. The molecule has 19 heavy (non-hydrogen) atoms. The summed E-state index contributed by atoms with van der Waals surface area (Å²) >= 11 is 3.41. The fourth-order valence-corrected chi connectivity index (χ4v) is 2.21. The van der Waals surface area contributed by atoms with E-state index in [1.165, 1.54) is 12.1 Å². The van der Waals surface area contributed by atoms with Crippen LogP contribution in [0.25, 0.3) is 0 Å². The molecule has 1 aromatic carbocycles. The molecule has 0 saturated heterocycles. The topological polar surface area (TPSA) is 42.7 Å². The molecule has 0 bridgehead atoms. The third kappa shape index (κ3) is 3.61. The van der Waals surface area contributed by atoms with E-state index >= 15 is 0 Å². The molecule has 0 fully saturated rings. The summed E-state index contributed by atoms with van der Waals surface area (Å²) < 4.78 is 15.9. The number of aromatic nitrogens is 3. The van der Waals surface area contributed by atoms with Crippen molar-refractivity contribution in [2.75, 3.05) is 0 Å². The number of nitrogens with one attached hydrogen (secondary N) is 1. The lowest BCUT2D eigenvalue weighted by Crippen LogP contribution is -2.18. The van der Waals surface area contributed by atoms with Crippen molar-refractivity contribution in [1.82, 2.24) is 20.1 Å². The molecule has 0 aliphatic rings. The van der Waals surface area contributed by atoms with Gasteiger partial charge in [0.05, 0.1) is 6.54 Å². The minimum absolute atomic E-state index is 0.231. The van der Waals surface area contributed by atoms with Crippen LogP contribution in [0.4, 0.5) is 4.39 Å². The first kappa shape index (κ1) is 14.1. The summed E-state index contributed by atoms with van der Waals surface area (Å²) in [5, 5.41) is 7.42. The molecule has 0 atom stereocenters. The van der Waals surface area contributed by atoms with Gasteiger partial charge in [0.15, 0.2) is 0 Å². The van der Waals surface area contributed by atoms with Crippen LogP contribution in [-0.4, -0.2) is 14.8 Å². The van der Waals surface area contributed by atoms with Crippen molar-refractivity contribution in [2.24, 2.45) is 0 Å². The fraction of sp³-hybridized carbons (Fsp3) is 0.385. The van der Waals surface area contributed by atoms with E-state index in [1.54, 1.807) is 12.4 Å². The molecule has 0 aliphatic carbocycles. The van der Waals surface area contributed by atoms with Gasteiger partial charge in [-0.1, -0.05) is 15.9 Å². The Morgan fingerprint density at radius 1 is 1.37 bits per heavy atom. The second kappa shape index (κ2) is 6.25. The molecule has 2 aromatic rings. The van der Waals surface area contributed by atoms with Crippen molar-refractivity contribution in [3.8, 4) is 0 Å². The molecule has 0 saturated carbocycles. The van der Waals surface area contributed by atoms with Gasteiger partial charge in [-0.2, -0.15) is 5.10 Å². The summed E-state index contributed by atoms with van der Waals surface area (Å²) in [6.45, 7) is 5.28. The standard InChI is InChI=1S/C13H16BrFN4/c1-9(2)19-13(17-8-18-19)7-16-6-10-5-11(15)3-4-12(10)14/h3-5,8-9,16H,6-7H2,1-2H3. The Balaban J connectivity index is 1.96. The summed E-state index contributed by atoms with van der Waals surface area (Å²) in [6.07, 6.45) is 1.55. The predicted molar refractivity (Wildman–Crippen MR) is 75.1 cm³/mol. The van der Waals surface area contributed by atoms with E-state index in [4.69, 9.17) is 0 Å². The van der Waals surface area contributed by atoms with Crippen LogP contribution in [0, 0.1) is 5.82 Å². The highest BCUT2D eigenvalue weighted by molar-refractivity contribution is 9.10. The zero-order valence-corrected chi connectivity index (χ0v) is 12.5. The summed E-state index contributed by atoms with van der Waals surface area (Å²) in [6, 6.07) is 4.94. The lowest BCUT2D eigenvalue weighted by atomic mass is 10.2. The van der Waals surface area contributed by atoms with Gasteiger partial charge in [0.2, 0.25) is 0 Å². The quantitative estimate of drug-likeness (QED) is 0.918. The first-order chi connectivity index (χ1) is 9.08. The highest BCUT2D eigenvalue weighted by atomic mass is 79.9. The third-order valence-corrected chi connectivity index (χ3v) is 3.52. The first-order valence-electron chi connectivity index (χ1n) is 6.11. The number of benzene rings is 1. The normalized spacial score (nSPS) is 11.2. The molecule has 0 radical (unpaired) electrons. The maximum Gasteiger partial charge on any atom is 0.141 e. The SMILES string of the molecule is CC(C)n1ncnc1CNCc1cc(F)ccc1Br. The lowest BCUT2D eigenvalue weighted by molar-refractivity contribution is 0.489. The Labute approximate surface area is 120 Å². The van der Waals surface area contributed by atoms with Gasteiger partial charge < -0.3 is 5.32 Å². The summed E-state index contributed by atoms with van der Waals surface area (Å²) in [5.74, 6) is 0.646. The van der Waals surface area contributed by atoms with Crippen molar-refractivity contribution in [3.63, 3.8) is 0 Å². The lowest BCUT2D eigenvalue weighted by Gasteiger charge is -2.10. The Morgan fingerprint density at radius 3 is 2.89 bits per heavy atom. The van der Waals surface area contributed by atoms with Crippen molar-refractivity contribution < 1.29 is 4.39 Å². The second-order valence-corrected chi connectivity index (χ2v) is 5.41. The highest BCUT2D eigenvalue weighted by Crippen LogP contribution is 2.17. The number of hydrogen-bond acceptors (Lipinski definition) is 3. The smallest absolute Gasteiger partial charge is 0.141 e. The molecule has 1 N–H and O–H groups in total. The van der Waals surface area contributed by atoms with E-state index in [0.717, 1.165) is 15.9 Å². The predicted octanol–water partition coefficient (Wildman–Crippen LogP) is 3.05. The maximum absolute atomic E-state index is 13.1. The van der Waals surface area contributed by atoms with E-state index in [2.05, 4.69) is 45.2 Å². The zero-order chi connectivity index (χ0) is 13.8. The van der Waals surface area contributed by atoms with Crippen LogP contribution in [0.3, 0.4) is 0 Å². The summed E-state index contributed by atoms with van der Waals surface area (Å²) in [5.41, 5.74) is 0.885. The van der Waals surface area contributed by atoms with Gasteiger partial charge in [-0.05, 0) is 37.6 Å². The summed E-state index contributed by atoms with van der Waals surface area (Å²) in [7, 11) is 0. The molecule has 0 spiro atoms. The molecule has 0 aliphatic heterocycles. The minimum atomic E-state index is -0.231. The average Bonchev–Trinajstić information content (AvgIpc) is 2.82. The van der Waals surface area contributed by atoms with Crippen LogP contribution in [-0.2, 0) is 13.1 Å². The van der Waals surface area contributed by atoms with Crippen LogP contribution < -0.4 is 5.32 Å². The molecular formula is C13H16BrFN4. The monoisotopic (exact) mass is 326 g/mol. The van der Waals surface area contributed by atoms with Gasteiger partial charge in [0, 0.05) is 17.1 Å². The van der Waals surface area contributed by atoms with Crippen molar-refractivity contribution in [1.29, 1.82) is 0 Å². The van der Waals surface area contributed by atoms with E-state index in [9.17, 15) is 4.39 Å². The van der Waals surface area contributed by atoms with Gasteiger partial charge >= 0.3 is 0 Å². The highest BCUT2D eigenvalue weighted by Gasteiger charge is 2.07. The van der Waals surface area contributed by atoms with Crippen molar-refractivity contribution in [3.05, 3.63) is 46.2 Å². The molecular weight excluding hydrogens is 311 g/mol. The van der Waals surface area contributed by atoms with Crippen LogP contribution >= 0.6 is 15.9 Å². The van der Waals surface area contributed by atoms with Crippen molar-refractivity contribution in [2.45, 2.75) is 33.0 Å². The minimum Gasteiger partial charge on any atom is -0.306 e.